The van der Waals surface area contributed by atoms with E-state index < -0.39 is 5.41 Å². The van der Waals surface area contributed by atoms with Crippen LogP contribution >= 0.6 is 0 Å². The van der Waals surface area contributed by atoms with Crippen LogP contribution in [0.5, 0.6) is 11.5 Å². The van der Waals surface area contributed by atoms with E-state index in [9.17, 15) is 0 Å². The molecule has 6 nitrogen and oxygen atoms in total. The summed E-state index contributed by atoms with van der Waals surface area (Å²) >= 11 is 2.50. The Morgan fingerprint density at radius 1 is 0.407 bits per heavy atom. The summed E-state index contributed by atoms with van der Waals surface area (Å²) in [6.45, 7) is 34.2. The zero-order valence-electron chi connectivity index (χ0n) is 49.8. The second-order valence-electron chi connectivity index (χ2n) is 26.9. The molecule has 11 rings (SSSR count). The molecule has 414 valence electrons. The summed E-state index contributed by atoms with van der Waals surface area (Å²) in [6.07, 6.45) is 1.96. The number of hydrogen-bond acceptors (Lipinski definition) is 4. The van der Waals surface area contributed by atoms with Crippen molar-refractivity contribution in [1.82, 2.24) is 14.1 Å². The zero-order valence-corrected chi connectivity index (χ0v) is 52.1. The van der Waals surface area contributed by atoms with Crippen molar-refractivity contribution in [2.24, 2.45) is 0 Å². The van der Waals surface area contributed by atoms with E-state index in [2.05, 4.69) is 324 Å². The van der Waals surface area contributed by atoms with Crippen molar-refractivity contribution in [3.63, 3.8) is 0 Å². The molecular formula is C74H75N5OPt-2. The normalized spacial score (nSPS) is 13.1. The number of benzene rings is 8. The van der Waals surface area contributed by atoms with Crippen molar-refractivity contribution in [3.8, 4) is 45.1 Å². The van der Waals surface area contributed by atoms with Gasteiger partial charge in [-0.15, -0.1) is 0 Å². The predicted octanol–water partition coefficient (Wildman–Crippen LogP) is 20.4. The third kappa shape index (κ3) is 10.6. The van der Waals surface area contributed by atoms with E-state index in [0.717, 1.165) is 88.3 Å². The van der Waals surface area contributed by atoms with Gasteiger partial charge in [-0.3, -0.25) is 0 Å². The van der Waals surface area contributed by atoms with E-state index in [4.69, 9.17) is 9.72 Å². The standard InChI is InChI=1S/C74H75N5O.Pt/c1-70(2,3)49-36-37-64-59(43-49)57-30-19-21-32-62(57)78(53-26-17-16-18-27-53)63-33-22-20-31-58(63)60-46-61(74(13,14)15)68(47-67(60)79(64)69-44-50(38-39-75-69)71(4,5)6)80-56-29-25-28-54(45-56)76-48-77(66-35-24-23-34-65(66)76)55-41-51(72(7,8)9)40-52(42-55)73(10,11)12;/h16-44,46H,1-15H3;/q-2;. The van der Waals surface area contributed by atoms with E-state index in [1.165, 1.54) is 22.3 Å². The Labute approximate surface area is 492 Å². The quantitative estimate of drug-likeness (QED) is 0.156. The molecule has 2 aromatic heterocycles. The molecule has 0 aliphatic carbocycles. The fraction of sp³-hybridized carbons (Fsp3) is 0.270. The van der Waals surface area contributed by atoms with Gasteiger partial charge in [-0.25, -0.2) is 0 Å². The first-order valence-corrected chi connectivity index (χ1v) is 29.5. The number of imidazole rings is 1. The van der Waals surface area contributed by atoms with Crippen LogP contribution in [-0.4, -0.2) is 14.1 Å². The molecule has 3 heterocycles. The average molecular weight is 1250 g/mol. The monoisotopic (exact) mass is 1240 g/mol. The molecule has 10 aromatic rings. The van der Waals surface area contributed by atoms with Crippen molar-refractivity contribution in [3.05, 3.63) is 226 Å². The molecule has 0 N–H and O–H groups in total. The van der Waals surface area contributed by atoms with Crippen LogP contribution in [0.3, 0.4) is 0 Å². The number of pyridine rings is 1. The Morgan fingerprint density at radius 3 is 1.56 bits per heavy atom. The summed E-state index contributed by atoms with van der Waals surface area (Å²) in [7, 11) is 0. The van der Waals surface area contributed by atoms with Crippen molar-refractivity contribution < 1.29 is 24.1 Å². The number of aromatic nitrogens is 3. The second-order valence-corrected chi connectivity index (χ2v) is 27.9. The first kappa shape index (κ1) is 55.4. The van der Waals surface area contributed by atoms with Gasteiger partial charge in [-0.1, -0.05) is 96.1 Å². The molecule has 1 aliphatic heterocycles. The van der Waals surface area contributed by atoms with Gasteiger partial charge >= 0.3 is 313 Å². The van der Waals surface area contributed by atoms with Crippen LogP contribution in [0, 0.1) is 15.9 Å². The maximum absolute atomic E-state index is 7.40. The van der Waals surface area contributed by atoms with Crippen LogP contribution in [-0.2, 0) is 46.4 Å². The Hall–Kier alpha value is -7.53. The first-order chi connectivity index (χ1) is 38.3. The molecule has 1 aliphatic rings. The first-order valence-electron chi connectivity index (χ1n) is 28.4. The topological polar surface area (TPSA) is 38.5 Å². The molecule has 0 unspecified atom stereocenters. The Kier molecular flexibility index (Phi) is 14.0. The molecule has 0 spiro atoms. The van der Waals surface area contributed by atoms with E-state index in [1.54, 1.807) is 0 Å². The van der Waals surface area contributed by atoms with E-state index in [0.29, 0.717) is 11.5 Å². The van der Waals surface area contributed by atoms with Crippen LogP contribution in [0.2, 0.25) is 0 Å². The molecule has 0 radical (unpaired) electrons. The third-order valence-corrected chi connectivity index (χ3v) is 16.7. The number of ether oxygens (including phenoxy) is 1. The second kappa shape index (κ2) is 20.5. The molecule has 0 atom stereocenters. The molecular weight excluding hydrogens is 1170 g/mol. The van der Waals surface area contributed by atoms with Crippen molar-refractivity contribution in [2.45, 2.75) is 131 Å². The molecule has 0 amide bonds. The van der Waals surface area contributed by atoms with Crippen LogP contribution in [0.4, 0.5) is 34.3 Å². The summed E-state index contributed by atoms with van der Waals surface area (Å²) in [4.78, 5) is 10.1. The summed E-state index contributed by atoms with van der Waals surface area (Å²) in [5.41, 5.74) is 18.6. The van der Waals surface area contributed by atoms with E-state index in [-0.39, 0.29) is 21.7 Å². The fourth-order valence-corrected chi connectivity index (χ4v) is 12.1. The van der Waals surface area contributed by atoms with Gasteiger partial charge in [-0.05, 0) is 58.4 Å². The van der Waals surface area contributed by atoms with Crippen molar-refractivity contribution >= 4 is 45.3 Å². The number of rotatable bonds is 6. The Balaban J connectivity index is 1.18. The van der Waals surface area contributed by atoms with Crippen molar-refractivity contribution in [1.29, 1.82) is 0 Å². The Morgan fingerprint density at radius 2 is 0.951 bits per heavy atom. The van der Waals surface area contributed by atoms with Gasteiger partial charge in [0.05, 0.1) is 5.69 Å². The number of hydrogen-bond donors (Lipinski definition) is 0. The van der Waals surface area contributed by atoms with Crippen LogP contribution in [0.1, 0.15) is 132 Å². The minimum absolute atomic E-state index is 0.0446. The van der Waals surface area contributed by atoms with Gasteiger partial charge in [0.2, 0.25) is 0 Å². The van der Waals surface area contributed by atoms with Crippen LogP contribution in [0.25, 0.3) is 44.7 Å². The van der Waals surface area contributed by atoms with Gasteiger partial charge < -0.3 is 4.90 Å². The van der Waals surface area contributed by atoms with E-state index >= 15 is 0 Å². The minimum atomic E-state index is -0.395. The Bertz CT molecular complexity index is 4060. The van der Waals surface area contributed by atoms with Gasteiger partial charge in [0.25, 0.3) is 0 Å². The summed E-state index contributed by atoms with van der Waals surface area (Å²) < 4.78 is 13.1. The fourth-order valence-electron chi connectivity index (χ4n) is 11.0. The number of nitrogens with zero attached hydrogens (tertiary/aromatic N) is 5. The number of anilines is 6. The van der Waals surface area contributed by atoms with Crippen LogP contribution < -0.4 is 14.5 Å². The molecule has 0 bridgehead atoms. The van der Waals surface area contributed by atoms with Gasteiger partial charge in [0, 0.05) is 17.4 Å². The maximum atomic E-state index is 7.40. The van der Waals surface area contributed by atoms with Gasteiger partial charge in [0.1, 0.15) is 0 Å². The molecule has 0 saturated heterocycles. The average Bonchev–Trinajstić information content (AvgIpc) is 3.98. The molecule has 0 fully saturated rings. The summed E-state index contributed by atoms with van der Waals surface area (Å²) in [5.74, 6) is 1.98. The third-order valence-electron chi connectivity index (χ3n) is 15.7. The van der Waals surface area contributed by atoms with E-state index in [1.807, 2.05) is 12.3 Å². The molecule has 81 heavy (non-hydrogen) atoms. The van der Waals surface area contributed by atoms with Crippen molar-refractivity contribution in [2.75, 3.05) is 9.80 Å². The SMILES string of the molecule is CC(C)(C)c1cc(-n2[c](=[Pt])n(-c3[c-]c(Oc4[c-]c5c(cc4C(C)(C)C)-c4ccccc4N(c4ccccc4)c4ccccc4-c4cc(C(C)(C)C)ccc4N5c4cc(C(C)(C)C)ccn4)ccc3)c3ccccc32)cc(C(C)(C)C)c1. The summed E-state index contributed by atoms with van der Waals surface area (Å²) in [5, 5.41) is 0. The van der Waals surface area contributed by atoms with Gasteiger partial charge in [-0.2, -0.15) is 0 Å². The summed E-state index contributed by atoms with van der Waals surface area (Å²) in [6, 6.07) is 72.1. The molecule has 0 saturated carbocycles. The molecule has 7 heteroatoms. The predicted molar refractivity (Wildman–Crippen MR) is 335 cm³/mol. The zero-order chi connectivity index (χ0) is 57.6. The number of fused-ring (bicyclic) bond motifs is 7. The molecule has 8 aromatic carbocycles. The van der Waals surface area contributed by atoms with Crippen LogP contribution in [0.15, 0.2) is 182 Å². The number of para-hydroxylation sites is 5. The van der Waals surface area contributed by atoms with Gasteiger partial charge in [0.15, 0.2) is 0 Å².